The molecule has 0 unspecified atom stereocenters. The molecule has 34 nitrogen and oxygen atoms in total. The first-order valence-corrected chi connectivity index (χ1v) is 60.3. The number of rotatable bonds is 32. The van der Waals surface area contributed by atoms with Gasteiger partial charge in [-0.15, -0.1) is 0 Å². The van der Waals surface area contributed by atoms with Crippen LogP contribution in [0.15, 0.2) is 52.9 Å². The third kappa shape index (κ3) is 27.2. The van der Waals surface area contributed by atoms with Gasteiger partial charge in [0.2, 0.25) is 57.0 Å². The molecular weight excluding hydrogens is 2030 g/mol. The van der Waals surface area contributed by atoms with Crippen LogP contribution in [0.4, 0.5) is 77.8 Å². The highest BCUT2D eigenvalue weighted by Gasteiger charge is 2.45. The zero-order chi connectivity index (χ0) is 105. The van der Waals surface area contributed by atoms with Gasteiger partial charge in [-0.25, -0.2) is 22.0 Å². The number of nitrogens with zero attached hydrogens (tertiary/aromatic N) is 6. The van der Waals surface area contributed by atoms with Gasteiger partial charge in [-0.3, -0.25) is 14.5 Å². The molecule has 6 fully saturated rings. The maximum absolute atomic E-state index is 14.6. The van der Waals surface area contributed by atoms with Gasteiger partial charge >= 0.3 is 0 Å². The largest absolute Gasteiger partial charge is 0.416 e. The SMILES string of the molecule is CC(=O)S[C@H](CNc1noc2c(F)c(F)c(C3OCCO3)cc12)CO[Si](C)(C)C(C)(C)C.CC(C)(C)[Si](C)(C)OC[C@@H](O)CNc1noc2c(F)c(F)c(C3OCCO3)cc12.CC(C)(C)[Si](C)(C)OC[C@H](S)CNc1noc2c(F)c(F)c(C3OCCO3)cc12.CC(C)(C)[Si](C)(C)OC[C@H]1CN(c2noc3c(F)c(F)c(C4OCCO4)cc23)C(=O)S1.OC[C@@H](O)CNc1noc2c(F)c(F)c(C3OCCO3)cc12. The van der Waals surface area contributed by atoms with Crippen LogP contribution in [-0.4, -0.2) is 245 Å². The molecule has 5 atom stereocenters. The van der Waals surface area contributed by atoms with Gasteiger partial charge in [0.05, 0.1) is 129 Å². The van der Waals surface area contributed by atoms with Crippen molar-refractivity contribution in [2.45, 2.75) is 222 Å². The maximum Gasteiger partial charge on any atom is 0.287 e. The molecule has 10 aromatic rings. The van der Waals surface area contributed by atoms with Gasteiger partial charge < -0.3 is 124 Å². The van der Waals surface area contributed by atoms with Crippen LogP contribution in [0.1, 0.15) is 149 Å². The molecule has 5 aromatic carbocycles. The zero-order valence-corrected chi connectivity index (χ0v) is 90.0. The van der Waals surface area contributed by atoms with E-state index in [-0.39, 0.29) is 180 Å². The Morgan fingerprint density at radius 3 is 1.01 bits per heavy atom. The summed E-state index contributed by atoms with van der Waals surface area (Å²) in [6, 6.07) is 6.96. The molecule has 51 heteroatoms. The Morgan fingerprint density at radius 2 is 0.692 bits per heavy atom. The number of amides is 1. The summed E-state index contributed by atoms with van der Waals surface area (Å²) < 4.78 is 246. The summed E-state index contributed by atoms with van der Waals surface area (Å²) in [7, 11) is -7.82. The van der Waals surface area contributed by atoms with Crippen LogP contribution in [0.3, 0.4) is 0 Å². The number of ether oxygens (including phenoxy) is 10. The number of aliphatic hydroxyl groups excluding tert-OH is 3. The van der Waals surface area contributed by atoms with Crippen LogP contribution >= 0.6 is 36.2 Å². The molecule has 5 aromatic heterocycles. The molecule has 6 saturated heterocycles. The van der Waals surface area contributed by atoms with Crippen molar-refractivity contribution in [3.63, 3.8) is 0 Å². The van der Waals surface area contributed by atoms with E-state index in [1.54, 1.807) is 0 Å². The number of anilines is 5. The van der Waals surface area contributed by atoms with E-state index >= 15 is 0 Å². The number of aliphatic hydroxyl groups is 3. The van der Waals surface area contributed by atoms with Gasteiger partial charge in [0.15, 0.2) is 128 Å². The van der Waals surface area contributed by atoms with Gasteiger partial charge in [0, 0.05) is 92.5 Å². The summed E-state index contributed by atoms with van der Waals surface area (Å²) in [5.74, 6) is -10.2. The number of fused-ring (bicyclic) bond motifs is 5. The fraction of sp³-hybridized carbons (Fsp3) is 0.598. The normalized spacial score (nSPS) is 17.9. The van der Waals surface area contributed by atoms with Crippen molar-refractivity contribution in [2.24, 2.45) is 0 Å². The molecule has 6 aliphatic heterocycles. The second-order valence-corrected chi connectivity index (χ2v) is 63.3. The van der Waals surface area contributed by atoms with Crippen molar-refractivity contribution in [1.29, 1.82) is 0 Å². The second-order valence-electron chi connectivity index (χ2n) is 40.7. The van der Waals surface area contributed by atoms with E-state index in [2.05, 4.69) is 195 Å². The van der Waals surface area contributed by atoms with Crippen molar-refractivity contribution in [1.82, 2.24) is 25.8 Å². The van der Waals surface area contributed by atoms with E-state index in [4.69, 9.17) is 92.8 Å². The van der Waals surface area contributed by atoms with Crippen LogP contribution in [0, 0.1) is 58.2 Å². The number of carbonyl (C=O) groups excluding carboxylic acids is 2. The number of benzene rings is 5. The predicted molar refractivity (Wildman–Crippen MR) is 527 cm³/mol. The lowest BCUT2D eigenvalue weighted by molar-refractivity contribution is -0.109. The van der Waals surface area contributed by atoms with Crippen molar-refractivity contribution >= 4 is 164 Å². The van der Waals surface area contributed by atoms with E-state index in [0.717, 1.165) is 11.8 Å². The lowest BCUT2D eigenvalue weighted by atomic mass is 10.1. The van der Waals surface area contributed by atoms with Crippen molar-refractivity contribution < 1.29 is 157 Å². The third-order valence-electron chi connectivity index (χ3n) is 26.2. The number of carbonyl (C=O) groups is 2. The maximum atomic E-state index is 14.6. The summed E-state index contributed by atoms with van der Waals surface area (Å²) in [5, 5.41) is 59.9. The van der Waals surface area contributed by atoms with Crippen LogP contribution in [-0.2, 0) is 69.9 Å². The number of hydrogen-bond donors (Lipinski definition) is 8. The summed E-state index contributed by atoms with van der Waals surface area (Å²) in [6.45, 7) is 49.7. The van der Waals surface area contributed by atoms with E-state index in [9.17, 15) is 63.7 Å². The topological polar surface area (TPSA) is 406 Å². The number of thiol groups is 1. The monoisotopic (exact) mass is 2150 g/mol. The molecular formula is C92H126F10N10O24S3Si4. The quantitative estimate of drug-likeness (QED) is 0.0110. The average Bonchev–Trinajstić information content (AvgIpc) is 2.42. The molecule has 143 heavy (non-hydrogen) atoms. The molecule has 0 bridgehead atoms. The third-order valence-corrected chi connectivity index (χ3v) is 46.5. The van der Waals surface area contributed by atoms with Crippen molar-refractivity contribution in [3.05, 3.63) is 116 Å². The van der Waals surface area contributed by atoms with Gasteiger partial charge in [-0.05, 0) is 103 Å². The molecule has 0 radical (unpaired) electrons. The van der Waals surface area contributed by atoms with Gasteiger partial charge in [0.25, 0.3) is 5.24 Å². The minimum Gasteiger partial charge on any atom is -0.416 e. The highest BCUT2D eigenvalue weighted by Crippen LogP contribution is 2.47. The Bertz CT molecular complexity index is 5900. The van der Waals surface area contributed by atoms with Gasteiger partial charge in [-0.2, -0.15) is 34.6 Å². The molecule has 0 saturated carbocycles. The Kier molecular flexibility index (Phi) is 37.8. The summed E-state index contributed by atoms with van der Waals surface area (Å²) in [6.07, 6.45) is -6.69. The number of hydrogen-bond acceptors (Lipinski definition) is 36. The number of thioether (sulfide) groups is 2. The van der Waals surface area contributed by atoms with Crippen LogP contribution in [0.5, 0.6) is 0 Å². The summed E-state index contributed by atoms with van der Waals surface area (Å²) >= 11 is 6.90. The second kappa shape index (κ2) is 47.5. The van der Waals surface area contributed by atoms with E-state index in [1.165, 1.54) is 53.9 Å². The molecule has 11 heterocycles. The van der Waals surface area contributed by atoms with E-state index in [1.807, 2.05) is 0 Å². The van der Waals surface area contributed by atoms with Crippen LogP contribution in [0.2, 0.25) is 72.5 Å². The lowest BCUT2D eigenvalue weighted by Crippen LogP contribution is -2.43. The van der Waals surface area contributed by atoms with Crippen LogP contribution in [0.25, 0.3) is 54.8 Å². The predicted octanol–water partition coefficient (Wildman–Crippen LogP) is 20.2. The lowest BCUT2D eigenvalue weighted by Gasteiger charge is -2.37. The first-order chi connectivity index (χ1) is 67.0. The zero-order valence-electron chi connectivity index (χ0n) is 83.4. The molecule has 0 spiro atoms. The van der Waals surface area contributed by atoms with Crippen molar-refractivity contribution in [2.75, 3.05) is 158 Å². The van der Waals surface area contributed by atoms with Gasteiger partial charge in [-0.1, -0.05) is 132 Å². The minimum absolute atomic E-state index is 0.0116. The fourth-order valence-electron chi connectivity index (χ4n) is 13.7. The van der Waals surface area contributed by atoms with Gasteiger partial charge in [0.1, 0.15) is 0 Å². The molecule has 792 valence electrons. The molecule has 7 N–H and O–H groups in total. The van der Waals surface area contributed by atoms with E-state index in [0.29, 0.717) is 104 Å². The Morgan fingerprint density at radius 1 is 0.420 bits per heavy atom. The Labute approximate surface area is 837 Å². The minimum atomic E-state index is -2.00. The number of aromatic nitrogens is 5. The number of nitrogens with one attached hydrogen (secondary N) is 4. The standard InChI is InChI=1S/C21H30F2N2O5SSi.C20H26F2N2O5SSi.C19H28F2N2O5Si.C19H28F2N2O4SSi.C13H14F2N2O5/c1-12(26)31-13(11-29-32(5,6)21(2,3)4)10-24-19-15-9-14(20-27-7-8-28-20)16(22)17(23)18(15)30-25-19;1-20(2,3)31(4,5)28-10-11-9-24(19(25)30-11)17-13-8-12(18-26-6-7-27-18)14(21)15(22)16(13)29-23-17;1-19(2,3)29(4,5)27-10-11(24)9-22-17-13-8-12(18-25-6-7-26-18)14(20)15(21)16(13)28-23-17;1-19(2,3)29(4,5)26-10-11(28)9-22-17-13-8-12(18-24-6-7-25-18)14(20)15(21)16(13)27-23-17;14-9-7(13-20-1-2-21-13)3-8-11(10(9)15)22-17-12(8)16-4-6(19)5-18/h9,13,20H,7-8,10-11H2,1-6H3,(H,24,25);8,11,18H,6-7,9-10H2,1-5H3;8,11,18,24H,6-7,9-10H2,1-5H3,(H,22,23);8,11,18,28H,6-7,9-10H2,1-5H3,(H,22,23);3,6,13,18-19H,1-2,4-5H2,(H,16,17)/t13-;3*11-;6-/m11010/s1. The van der Waals surface area contributed by atoms with Crippen LogP contribution < -0.4 is 26.2 Å². The molecule has 1 amide bonds. The Hall–Kier alpha value is -7.67. The molecule has 6 aliphatic rings. The summed E-state index contributed by atoms with van der Waals surface area (Å²) in [5.41, 5.74) is -1.81. The number of halogens is 10. The fourth-order valence-corrected chi connectivity index (χ4v) is 20.1. The van der Waals surface area contributed by atoms with Crippen molar-refractivity contribution in [3.8, 4) is 0 Å². The smallest absolute Gasteiger partial charge is 0.287 e. The molecule has 0 aliphatic carbocycles. The highest BCUT2D eigenvalue weighted by atomic mass is 32.2. The summed E-state index contributed by atoms with van der Waals surface area (Å²) in [4.78, 5) is 25.9. The average molecular weight is 2150 g/mol. The highest BCUT2D eigenvalue weighted by molar-refractivity contribution is 8.15. The Balaban J connectivity index is 0.000000160. The first kappa shape index (κ1) is 114. The molecule has 16 rings (SSSR count). The van der Waals surface area contributed by atoms with E-state index < -0.39 is 142 Å². The first-order valence-electron chi connectivity index (χ1n) is 46.4.